The van der Waals surface area contributed by atoms with E-state index in [0.29, 0.717) is 19.7 Å². The molecule has 0 radical (unpaired) electrons. The van der Waals surface area contributed by atoms with Crippen molar-refractivity contribution in [2.24, 2.45) is 5.92 Å². The minimum atomic E-state index is -0.335. The predicted octanol–water partition coefficient (Wildman–Crippen LogP) is 2.87. The van der Waals surface area contributed by atoms with E-state index in [1.54, 1.807) is 12.0 Å². The van der Waals surface area contributed by atoms with Crippen molar-refractivity contribution in [3.05, 3.63) is 54.1 Å². The Labute approximate surface area is 159 Å². The summed E-state index contributed by atoms with van der Waals surface area (Å²) in [6.07, 6.45) is 0.236. The zero-order valence-corrected chi connectivity index (χ0v) is 15.6. The molecule has 0 spiro atoms. The number of anilines is 1. The molecule has 1 unspecified atom stereocenters. The van der Waals surface area contributed by atoms with Crippen LogP contribution in [0.2, 0.25) is 0 Å². The number of methoxy groups -OCH3 is 1. The average Bonchev–Trinajstić information content (AvgIpc) is 3.05. The first-order valence-electron chi connectivity index (χ1n) is 8.98. The van der Waals surface area contributed by atoms with Crippen LogP contribution in [0.5, 0.6) is 11.5 Å². The number of rotatable bonds is 7. The molecule has 2 aromatic rings. The summed E-state index contributed by atoms with van der Waals surface area (Å²) in [6, 6.07) is 14.9. The number of carbonyl (C=O) groups excluding carboxylic acids is 2. The lowest BCUT2D eigenvalue weighted by atomic mass is 10.1. The Hall–Kier alpha value is -3.02. The maximum atomic E-state index is 12.5. The molecule has 6 nitrogen and oxygen atoms in total. The molecule has 2 aromatic carbocycles. The summed E-state index contributed by atoms with van der Waals surface area (Å²) in [6.45, 7) is 3.20. The van der Waals surface area contributed by atoms with Gasteiger partial charge in [-0.2, -0.15) is 0 Å². The molecule has 1 aliphatic rings. The molecular weight excluding hydrogens is 344 g/mol. The third-order valence-corrected chi connectivity index (χ3v) is 4.68. The van der Waals surface area contributed by atoms with Crippen molar-refractivity contribution in [3.63, 3.8) is 0 Å². The number of benzene rings is 2. The predicted molar refractivity (Wildman–Crippen MR) is 103 cm³/mol. The summed E-state index contributed by atoms with van der Waals surface area (Å²) in [5, 5.41) is 2.93. The van der Waals surface area contributed by atoms with Gasteiger partial charge in [0.2, 0.25) is 11.8 Å². The highest BCUT2D eigenvalue weighted by Crippen LogP contribution is 2.22. The molecule has 1 N–H and O–H groups in total. The van der Waals surface area contributed by atoms with E-state index < -0.39 is 0 Å². The highest BCUT2D eigenvalue weighted by Gasteiger charge is 2.34. The smallest absolute Gasteiger partial charge is 0.229 e. The van der Waals surface area contributed by atoms with Gasteiger partial charge in [0.25, 0.3) is 0 Å². The second kappa shape index (κ2) is 8.58. The lowest BCUT2D eigenvalue weighted by molar-refractivity contribution is -0.128. The van der Waals surface area contributed by atoms with E-state index in [1.807, 2.05) is 55.5 Å². The van der Waals surface area contributed by atoms with Crippen LogP contribution in [0.4, 0.5) is 5.69 Å². The molecular formula is C21H24N2O4. The van der Waals surface area contributed by atoms with Crippen molar-refractivity contribution < 1.29 is 19.1 Å². The molecule has 0 aliphatic carbocycles. The van der Waals surface area contributed by atoms with Crippen LogP contribution in [0.15, 0.2) is 48.5 Å². The molecule has 2 amide bonds. The molecule has 1 heterocycles. The van der Waals surface area contributed by atoms with Crippen LogP contribution in [-0.2, 0) is 9.59 Å². The maximum absolute atomic E-state index is 12.5. The van der Waals surface area contributed by atoms with Crippen LogP contribution in [0, 0.1) is 12.8 Å². The SMILES string of the molecule is COc1ccc(OCCN2CC(C(=O)Nc3ccccc3C)CC2=O)cc1. The highest BCUT2D eigenvalue weighted by molar-refractivity contribution is 5.97. The van der Waals surface area contributed by atoms with E-state index in [9.17, 15) is 9.59 Å². The number of nitrogens with one attached hydrogen (secondary N) is 1. The molecule has 27 heavy (non-hydrogen) atoms. The van der Waals surface area contributed by atoms with Gasteiger partial charge in [-0.25, -0.2) is 0 Å². The van der Waals surface area contributed by atoms with Crippen LogP contribution >= 0.6 is 0 Å². The minimum Gasteiger partial charge on any atom is -0.497 e. The molecule has 1 atom stereocenters. The summed E-state index contributed by atoms with van der Waals surface area (Å²) in [5.74, 6) is 1.02. The Morgan fingerprint density at radius 1 is 1.15 bits per heavy atom. The van der Waals surface area contributed by atoms with Crippen molar-refractivity contribution in [3.8, 4) is 11.5 Å². The summed E-state index contributed by atoms with van der Waals surface area (Å²) in [4.78, 5) is 26.4. The van der Waals surface area contributed by atoms with E-state index in [1.165, 1.54) is 0 Å². The van der Waals surface area contributed by atoms with Gasteiger partial charge in [-0.05, 0) is 42.8 Å². The Balaban J connectivity index is 1.48. The summed E-state index contributed by atoms with van der Waals surface area (Å²) < 4.78 is 10.8. The number of aryl methyl sites for hydroxylation is 1. The molecule has 0 aromatic heterocycles. The van der Waals surface area contributed by atoms with E-state index in [2.05, 4.69) is 5.32 Å². The first-order valence-corrected chi connectivity index (χ1v) is 8.98. The minimum absolute atomic E-state index is 0.0155. The quantitative estimate of drug-likeness (QED) is 0.816. The van der Waals surface area contributed by atoms with E-state index >= 15 is 0 Å². The lowest BCUT2D eigenvalue weighted by Crippen LogP contribution is -2.31. The number of likely N-dealkylation sites (tertiary alicyclic amines) is 1. The average molecular weight is 368 g/mol. The second-order valence-corrected chi connectivity index (χ2v) is 6.57. The van der Waals surface area contributed by atoms with Crippen molar-refractivity contribution in [1.29, 1.82) is 0 Å². The third kappa shape index (κ3) is 4.78. The topological polar surface area (TPSA) is 67.9 Å². The fraction of sp³-hybridized carbons (Fsp3) is 0.333. The van der Waals surface area contributed by atoms with Gasteiger partial charge in [-0.15, -0.1) is 0 Å². The molecule has 1 fully saturated rings. The maximum Gasteiger partial charge on any atom is 0.229 e. The van der Waals surface area contributed by atoms with Gasteiger partial charge in [0.05, 0.1) is 19.6 Å². The first-order chi connectivity index (χ1) is 13.1. The molecule has 3 rings (SSSR count). The largest absolute Gasteiger partial charge is 0.497 e. The number of hydrogen-bond donors (Lipinski definition) is 1. The van der Waals surface area contributed by atoms with E-state index in [-0.39, 0.29) is 24.2 Å². The van der Waals surface area contributed by atoms with Gasteiger partial charge in [-0.3, -0.25) is 9.59 Å². The van der Waals surface area contributed by atoms with Crippen LogP contribution in [-0.4, -0.2) is 43.5 Å². The Kier molecular flexibility index (Phi) is 5.96. The number of ether oxygens (including phenoxy) is 2. The summed E-state index contributed by atoms with van der Waals surface area (Å²) in [7, 11) is 1.61. The van der Waals surface area contributed by atoms with Gasteiger partial charge in [-0.1, -0.05) is 18.2 Å². The number of nitrogens with zero attached hydrogens (tertiary/aromatic N) is 1. The molecule has 0 bridgehead atoms. The third-order valence-electron chi connectivity index (χ3n) is 4.68. The molecule has 1 saturated heterocycles. The monoisotopic (exact) mass is 368 g/mol. The van der Waals surface area contributed by atoms with E-state index in [4.69, 9.17) is 9.47 Å². The number of para-hydroxylation sites is 1. The first kappa shape index (κ1) is 18.8. The van der Waals surface area contributed by atoms with Gasteiger partial charge in [0.1, 0.15) is 18.1 Å². The number of amides is 2. The van der Waals surface area contributed by atoms with Gasteiger partial charge < -0.3 is 19.7 Å². The van der Waals surface area contributed by atoms with Gasteiger partial charge in [0, 0.05) is 18.7 Å². The number of hydrogen-bond acceptors (Lipinski definition) is 4. The van der Waals surface area contributed by atoms with Crippen LogP contribution in [0.25, 0.3) is 0 Å². The molecule has 1 aliphatic heterocycles. The molecule has 142 valence electrons. The Morgan fingerprint density at radius 3 is 2.56 bits per heavy atom. The number of carbonyl (C=O) groups is 2. The van der Waals surface area contributed by atoms with Gasteiger partial charge >= 0.3 is 0 Å². The lowest BCUT2D eigenvalue weighted by Gasteiger charge is -2.17. The van der Waals surface area contributed by atoms with Crippen molar-refractivity contribution in [2.75, 3.05) is 32.1 Å². The van der Waals surface area contributed by atoms with Crippen LogP contribution in [0.3, 0.4) is 0 Å². The van der Waals surface area contributed by atoms with E-state index in [0.717, 1.165) is 22.7 Å². The van der Waals surface area contributed by atoms with Gasteiger partial charge in [0.15, 0.2) is 0 Å². The summed E-state index contributed by atoms with van der Waals surface area (Å²) in [5.41, 5.74) is 1.79. The highest BCUT2D eigenvalue weighted by atomic mass is 16.5. The van der Waals surface area contributed by atoms with Crippen LogP contribution < -0.4 is 14.8 Å². The molecule has 0 saturated carbocycles. The Morgan fingerprint density at radius 2 is 1.85 bits per heavy atom. The fourth-order valence-electron chi connectivity index (χ4n) is 3.06. The van der Waals surface area contributed by atoms with Crippen molar-refractivity contribution in [1.82, 2.24) is 4.90 Å². The Bertz CT molecular complexity index is 804. The fourth-order valence-corrected chi connectivity index (χ4v) is 3.06. The zero-order valence-electron chi connectivity index (χ0n) is 15.6. The second-order valence-electron chi connectivity index (χ2n) is 6.57. The normalized spacial score (nSPS) is 16.3. The standard InChI is InChI=1S/C21H24N2O4/c1-15-5-3-4-6-19(15)22-21(25)16-13-20(24)23(14-16)11-12-27-18-9-7-17(26-2)8-10-18/h3-10,16H,11-14H2,1-2H3,(H,22,25). The zero-order chi connectivity index (χ0) is 19.2. The van der Waals surface area contributed by atoms with Crippen molar-refractivity contribution >= 4 is 17.5 Å². The van der Waals surface area contributed by atoms with Crippen LogP contribution in [0.1, 0.15) is 12.0 Å². The molecule has 6 heteroatoms. The summed E-state index contributed by atoms with van der Waals surface area (Å²) >= 11 is 0. The van der Waals surface area contributed by atoms with Crippen molar-refractivity contribution in [2.45, 2.75) is 13.3 Å².